The minimum absolute atomic E-state index is 0.0556. The van der Waals surface area contributed by atoms with E-state index in [1.165, 1.54) is 5.56 Å². The van der Waals surface area contributed by atoms with Crippen LogP contribution in [0.2, 0.25) is 0 Å². The van der Waals surface area contributed by atoms with Crippen LogP contribution in [-0.4, -0.2) is 33.7 Å². The lowest BCUT2D eigenvalue weighted by Gasteiger charge is -2.35. The molecule has 1 aliphatic rings. The first-order chi connectivity index (χ1) is 13.6. The molecule has 0 unspecified atom stereocenters. The number of alkyl halides is 3. The second-order valence-electron chi connectivity index (χ2n) is 8.04. The van der Waals surface area contributed by atoms with E-state index in [1.54, 1.807) is 12.4 Å². The van der Waals surface area contributed by atoms with Crippen LogP contribution in [-0.2, 0) is 5.41 Å². The van der Waals surface area contributed by atoms with E-state index in [0.717, 1.165) is 41.2 Å². The standard InChI is InChI=1S/C21H22F3N5/c1-11-14-6-5-13(7-17(14)20(3,4)10-27-11)15-8-25-18-16(15)9-26-19(29-18)28-12(2)21(22,23)24/h5-9,12,27H,1,10H2,2-4H3,(H2,25,26,28,29)/t12-/m1/s1. The molecule has 3 aromatic rings. The number of hydrogen-bond donors (Lipinski definition) is 3. The fourth-order valence-electron chi connectivity index (χ4n) is 3.54. The fourth-order valence-corrected chi connectivity index (χ4v) is 3.54. The van der Waals surface area contributed by atoms with Crippen LogP contribution in [0.4, 0.5) is 19.1 Å². The smallest absolute Gasteiger partial charge is 0.384 e. The second-order valence-corrected chi connectivity index (χ2v) is 8.04. The van der Waals surface area contributed by atoms with E-state index in [4.69, 9.17) is 0 Å². The molecule has 0 saturated heterocycles. The maximum atomic E-state index is 12.8. The molecule has 5 nitrogen and oxygen atoms in total. The van der Waals surface area contributed by atoms with E-state index >= 15 is 0 Å². The minimum Gasteiger partial charge on any atom is -0.384 e. The lowest BCUT2D eigenvalue weighted by Crippen LogP contribution is -2.37. The Labute approximate surface area is 166 Å². The third-order valence-electron chi connectivity index (χ3n) is 5.40. The van der Waals surface area contributed by atoms with Gasteiger partial charge in [0.05, 0.1) is 0 Å². The molecule has 152 valence electrons. The molecule has 29 heavy (non-hydrogen) atoms. The summed E-state index contributed by atoms with van der Waals surface area (Å²) in [6.07, 6.45) is -1.01. The average Bonchev–Trinajstić information content (AvgIpc) is 3.07. The zero-order chi connectivity index (χ0) is 21.0. The van der Waals surface area contributed by atoms with Crippen molar-refractivity contribution in [1.82, 2.24) is 20.3 Å². The molecule has 0 amide bonds. The van der Waals surface area contributed by atoms with Crippen molar-refractivity contribution < 1.29 is 13.2 Å². The van der Waals surface area contributed by atoms with Gasteiger partial charge in [0.2, 0.25) is 5.95 Å². The van der Waals surface area contributed by atoms with Crippen molar-refractivity contribution in [3.05, 3.63) is 48.3 Å². The zero-order valence-electron chi connectivity index (χ0n) is 16.4. The summed E-state index contributed by atoms with van der Waals surface area (Å²) in [4.78, 5) is 11.3. The van der Waals surface area contributed by atoms with E-state index in [2.05, 4.69) is 52.1 Å². The molecule has 0 aliphatic carbocycles. The van der Waals surface area contributed by atoms with Crippen molar-refractivity contribution in [1.29, 1.82) is 0 Å². The third-order valence-corrected chi connectivity index (χ3v) is 5.40. The van der Waals surface area contributed by atoms with Crippen LogP contribution in [0.5, 0.6) is 0 Å². The summed E-state index contributed by atoms with van der Waals surface area (Å²) in [6.45, 7) is 10.3. The van der Waals surface area contributed by atoms with Crippen LogP contribution in [0.1, 0.15) is 31.9 Å². The van der Waals surface area contributed by atoms with Crippen molar-refractivity contribution >= 4 is 22.7 Å². The highest BCUT2D eigenvalue weighted by atomic mass is 19.4. The molecule has 1 atom stereocenters. The highest BCUT2D eigenvalue weighted by Gasteiger charge is 2.36. The molecule has 0 fully saturated rings. The number of hydrogen-bond acceptors (Lipinski definition) is 4. The Balaban J connectivity index is 1.72. The van der Waals surface area contributed by atoms with E-state index < -0.39 is 12.2 Å². The number of H-pyrrole nitrogens is 1. The van der Waals surface area contributed by atoms with E-state index in [9.17, 15) is 13.2 Å². The summed E-state index contributed by atoms with van der Waals surface area (Å²) in [5.74, 6) is -0.0651. The Kier molecular flexibility index (Phi) is 4.33. The lowest BCUT2D eigenvalue weighted by atomic mass is 9.77. The van der Waals surface area contributed by atoms with Crippen molar-refractivity contribution in [3.63, 3.8) is 0 Å². The number of nitrogens with one attached hydrogen (secondary N) is 3. The van der Waals surface area contributed by atoms with E-state index in [1.807, 2.05) is 12.1 Å². The first kappa shape index (κ1) is 19.3. The number of fused-ring (bicyclic) bond motifs is 2. The zero-order valence-corrected chi connectivity index (χ0v) is 16.4. The Bertz CT molecular complexity index is 1100. The number of rotatable bonds is 3. The normalized spacial score (nSPS) is 17.0. The van der Waals surface area contributed by atoms with Gasteiger partial charge in [-0.3, -0.25) is 0 Å². The monoisotopic (exact) mass is 401 g/mol. The van der Waals surface area contributed by atoms with Crippen molar-refractivity contribution in [2.75, 3.05) is 11.9 Å². The fraction of sp³-hybridized carbons (Fsp3) is 0.333. The van der Waals surface area contributed by atoms with E-state index in [0.29, 0.717) is 5.65 Å². The first-order valence-corrected chi connectivity index (χ1v) is 9.32. The van der Waals surface area contributed by atoms with Gasteiger partial charge in [-0.15, -0.1) is 0 Å². The van der Waals surface area contributed by atoms with Crippen LogP contribution in [0.3, 0.4) is 0 Å². The van der Waals surface area contributed by atoms with E-state index in [-0.39, 0.29) is 11.4 Å². The van der Waals surface area contributed by atoms with Crippen LogP contribution in [0, 0.1) is 0 Å². The molecule has 1 aliphatic heterocycles. The molecule has 3 N–H and O–H groups in total. The molecular weight excluding hydrogens is 379 g/mol. The Morgan fingerprint density at radius 3 is 2.72 bits per heavy atom. The summed E-state index contributed by atoms with van der Waals surface area (Å²) in [5.41, 5.74) is 5.52. The highest BCUT2D eigenvalue weighted by molar-refractivity contribution is 5.94. The van der Waals surface area contributed by atoms with Crippen LogP contribution >= 0.6 is 0 Å². The maximum absolute atomic E-state index is 12.8. The Morgan fingerprint density at radius 2 is 2.00 bits per heavy atom. The molecule has 3 heterocycles. The number of aromatic amines is 1. The highest BCUT2D eigenvalue weighted by Crippen LogP contribution is 2.37. The summed E-state index contributed by atoms with van der Waals surface area (Å²) < 4.78 is 38.3. The Morgan fingerprint density at radius 1 is 1.24 bits per heavy atom. The molecule has 4 rings (SSSR count). The number of aromatic nitrogens is 3. The van der Waals surface area contributed by atoms with Crippen LogP contribution in [0.15, 0.2) is 37.2 Å². The van der Waals surface area contributed by atoms with Gasteiger partial charge >= 0.3 is 6.18 Å². The van der Waals surface area contributed by atoms with Gasteiger partial charge in [0.15, 0.2) is 0 Å². The van der Waals surface area contributed by atoms with Gasteiger partial charge in [0.1, 0.15) is 11.7 Å². The topological polar surface area (TPSA) is 65.6 Å². The molecular formula is C21H22F3N5. The molecule has 8 heteroatoms. The molecule has 0 bridgehead atoms. The Hall–Kier alpha value is -3.03. The van der Waals surface area contributed by atoms with Gasteiger partial charge in [-0.05, 0) is 24.1 Å². The predicted octanol–water partition coefficient (Wildman–Crippen LogP) is 4.84. The summed E-state index contributed by atoms with van der Waals surface area (Å²) in [7, 11) is 0. The number of benzene rings is 1. The third kappa shape index (κ3) is 3.43. The van der Waals surface area contributed by atoms with Gasteiger partial charge in [-0.2, -0.15) is 18.2 Å². The van der Waals surface area contributed by atoms with Crippen molar-refractivity contribution in [3.8, 4) is 11.1 Å². The molecule has 1 aromatic carbocycles. The van der Waals surface area contributed by atoms with Gasteiger partial charge in [0.25, 0.3) is 0 Å². The second kappa shape index (κ2) is 6.50. The summed E-state index contributed by atoms with van der Waals surface area (Å²) >= 11 is 0. The van der Waals surface area contributed by atoms with Crippen molar-refractivity contribution in [2.45, 2.75) is 38.4 Å². The number of nitrogens with zero attached hydrogens (tertiary/aromatic N) is 2. The van der Waals surface area contributed by atoms with Gasteiger partial charge in [0, 0.05) is 46.6 Å². The predicted molar refractivity (Wildman–Crippen MR) is 109 cm³/mol. The summed E-state index contributed by atoms with van der Waals surface area (Å²) in [5, 5.41) is 6.38. The van der Waals surface area contributed by atoms with Crippen LogP contribution < -0.4 is 10.6 Å². The quantitative estimate of drug-likeness (QED) is 0.588. The largest absolute Gasteiger partial charge is 0.408 e. The SMILES string of the molecule is C=C1NCC(C)(C)c2cc(-c3c[nH]c4nc(N[C@H](C)C(F)(F)F)ncc34)ccc21. The van der Waals surface area contributed by atoms with Gasteiger partial charge in [-0.1, -0.05) is 32.6 Å². The average molecular weight is 401 g/mol. The molecule has 0 spiro atoms. The number of anilines is 1. The summed E-state index contributed by atoms with van der Waals surface area (Å²) in [6, 6.07) is 4.45. The van der Waals surface area contributed by atoms with Crippen LogP contribution in [0.25, 0.3) is 27.9 Å². The van der Waals surface area contributed by atoms with Crippen molar-refractivity contribution in [2.24, 2.45) is 0 Å². The first-order valence-electron chi connectivity index (χ1n) is 9.32. The minimum atomic E-state index is -4.37. The maximum Gasteiger partial charge on any atom is 0.408 e. The number of halogens is 3. The molecule has 0 radical (unpaired) electrons. The van der Waals surface area contributed by atoms with Gasteiger partial charge < -0.3 is 15.6 Å². The molecule has 0 saturated carbocycles. The molecule has 2 aromatic heterocycles. The lowest BCUT2D eigenvalue weighted by molar-refractivity contribution is -0.138. The van der Waals surface area contributed by atoms with Gasteiger partial charge in [-0.25, -0.2) is 4.98 Å².